The number of benzene rings is 1. The molecule has 0 radical (unpaired) electrons. The van der Waals surface area contributed by atoms with Crippen LogP contribution in [0.4, 0.5) is 5.69 Å². The van der Waals surface area contributed by atoms with E-state index in [9.17, 15) is 8.42 Å². The third-order valence-electron chi connectivity index (χ3n) is 2.70. The van der Waals surface area contributed by atoms with Crippen molar-refractivity contribution >= 4 is 27.0 Å². The zero-order valence-corrected chi connectivity index (χ0v) is 12.2. The molecule has 1 heterocycles. The fraction of sp³-hybridized carbons (Fsp3) is 0.154. The highest BCUT2D eigenvalue weighted by molar-refractivity contribution is 7.89. The number of nitrogens with zero attached hydrogens (tertiary/aromatic N) is 1. The smallest absolute Gasteiger partial charge is 0.241 e. The van der Waals surface area contributed by atoms with Crippen LogP contribution in [0.15, 0.2) is 39.9 Å². The number of hydrogen-bond donors (Lipinski definition) is 2. The van der Waals surface area contributed by atoms with E-state index in [1.165, 1.54) is 18.2 Å². The van der Waals surface area contributed by atoms with Crippen LogP contribution in [-0.2, 0) is 16.4 Å². The van der Waals surface area contributed by atoms with Crippen molar-refractivity contribution in [1.82, 2.24) is 4.72 Å². The Balaban J connectivity index is 2.12. The summed E-state index contributed by atoms with van der Waals surface area (Å²) >= 11 is 1.57. The number of thiophene rings is 1. The van der Waals surface area contributed by atoms with Crippen LogP contribution in [0.1, 0.15) is 11.1 Å². The summed E-state index contributed by atoms with van der Waals surface area (Å²) in [5.74, 6) is 0. The van der Waals surface area contributed by atoms with Gasteiger partial charge in [-0.15, -0.1) is 0 Å². The van der Waals surface area contributed by atoms with Gasteiger partial charge in [-0.3, -0.25) is 0 Å². The Hall–Kier alpha value is -1.88. The van der Waals surface area contributed by atoms with Crippen LogP contribution >= 0.6 is 11.3 Å². The molecular formula is C13H13N3O2S2. The monoisotopic (exact) mass is 307 g/mol. The van der Waals surface area contributed by atoms with Gasteiger partial charge in [0.15, 0.2) is 0 Å². The van der Waals surface area contributed by atoms with Crippen LogP contribution in [-0.4, -0.2) is 15.0 Å². The first-order valence-corrected chi connectivity index (χ1v) is 8.26. The Morgan fingerprint density at radius 2 is 2.15 bits per heavy atom. The van der Waals surface area contributed by atoms with Crippen LogP contribution in [0.25, 0.3) is 0 Å². The summed E-state index contributed by atoms with van der Waals surface area (Å²) in [5.41, 5.74) is 7.03. The van der Waals surface area contributed by atoms with E-state index in [0.29, 0.717) is 12.1 Å². The maximum Gasteiger partial charge on any atom is 0.241 e. The highest BCUT2D eigenvalue weighted by Crippen LogP contribution is 2.18. The van der Waals surface area contributed by atoms with Crippen LogP contribution in [0, 0.1) is 11.3 Å². The first-order valence-electron chi connectivity index (χ1n) is 5.83. The molecular weight excluding hydrogens is 294 g/mol. The molecule has 0 aliphatic rings. The average molecular weight is 307 g/mol. The third-order valence-corrected chi connectivity index (χ3v) is 4.95. The summed E-state index contributed by atoms with van der Waals surface area (Å²) in [7, 11) is -3.70. The van der Waals surface area contributed by atoms with Gasteiger partial charge in [0.25, 0.3) is 0 Å². The number of rotatable bonds is 5. The SMILES string of the molecule is N#Cc1cc(N)ccc1S(=O)(=O)NCCc1ccsc1. The number of anilines is 1. The molecule has 1 aromatic heterocycles. The van der Waals surface area contributed by atoms with E-state index in [0.717, 1.165) is 5.56 Å². The topological polar surface area (TPSA) is 96.0 Å². The molecule has 5 nitrogen and oxygen atoms in total. The predicted octanol–water partition coefficient (Wildman–Crippen LogP) is 1.72. The molecule has 0 saturated carbocycles. The molecule has 0 unspecified atom stereocenters. The third kappa shape index (κ3) is 3.36. The lowest BCUT2D eigenvalue weighted by Gasteiger charge is -2.08. The summed E-state index contributed by atoms with van der Waals surface area (Å²) in [4.78, 5) is -0.0421. The number of nitrogens with two attached hydrogens (primary N) is 1. The van der Waals surface area contributed by atoms with Gasteiger partial charge in [-0.25, -0.2) is 13.1 Å². The Labute approximate surface area is 121 Å². The molecule has 0 spiro atoms. The largest absolute Gasteiger partial charge is 0.399 e. The van der Waals surface area contributed by atoms with Crippen molar-refractivity contribution in [3.63, 3.8) is 0 Å². The highest BCUT2D eigenvalue weighted by atomic mass is 32.2. The molecule has 1 aromatic carbocycles. The molecule has 0 saturated heterocycles. The van der Waals surface area contributed by atoms with Crippen LogP contribution < -0.4 is 10.5 Å². The van der Waals surface area contributed by atoms with E-state index in [-0.39, 0.29) is 17.0 Å². The number of sulfonamides is 1. The first kappa shape index (κ1) is 14.5. The van der Waals surface area contributed by atoms with Gasteiger partial charge < -0.3 is 5.73 Å². The van der Waals surface area contributed by atoms with E-state index in [1.807, 2.05) is 22.9 Å². The van der Waals surface area contributed by atoms with E-state index in [2.05, 4.69) is 4.72 Å². The maximum absolute atomic E-state index is 12.2. The number of nitriles is 1. The number of nitrogens with one attached hydrogen (secondary N) is 1. The molecule has 3 N–H and O–H groups in total. The lowest BCUT2D eigenvalue weighted by molar-refractivity contribution is 0.581. The van der Waals surface area contributed by atoms with Crippen LogP contribution in [0.5, 0.6) is 0 Å². The molecule has 0 fully saturated rings. The summed E-state index contributed by atoms with van der Waals surface area (Å²) in [6, 6.07) is 7.97. The summed E-state index contributed by atoms with van der Waals surface area (Å²) in [5, 5.41) is 12.9. The lowest BCUT2D eigenvalue weighted by atomic mass is 10.2. The molecule has 0 atom stereocenters. The summed E-state index contributed by atoms with van der Waals surface area (Å²) in [6.45, 7) is 0.286. The van der Waals surface area contributed by atoms with Crippen molar-refractivity contribution in [2.24, 2.45) is 0 Å². The van der Waals surface area contributed by atoms with Gasteiger partial charge in [-0.2, -0.15) is 16.6 Å². The van der Waals surface area contributed by atoms with Gasteiger partial charge >= 0.3 is 0 Å². The van der Waals surface area contributed by atoms with Gasteiger partial charge in [-0.1, -0.05) is 0 Å². The summed E-state index contributed by atoms with van der Waals surface area (Å²) in [6.07, 6.45) is 0.611. The predicted molar refractivity (Wildman–Crippen MR) is 78.8 cm³/mol. The standard InChI is InChI=1S/C13H13N3O2S2/c14-8-11-7-12(15)1-2-13(11)20(17,18)16-5-3-10-4-6-19-9-10/h1-2,4,6-7,9,16H,3,5,15H2. The second-order valence-electron chi connectivity index (χ2n) is 4.15. The van der Waals surface area contributed by atoms with Crippen molar-refractivity contribution < 1.29 is 8.42 Å². The maximum atomic E-state index is 12.2. The minimum absolute atomic E-state index is 0.0421. The van der Waals surface area contributed by atoms with Crippen molar-refractivity contribution in [1.29, 1.82) is 5.26 Å². The number of hydrogen-bond acceptors (Lipinski definition) is 5. The lowest BCUT2D eigenvalue weighted by Crippen LogP contribution is -2.26. The second kappa shape index (κ2) is 6.05. The highest BCUT2D eigenvalue weighted by Gasteiger charge is 2.18. The van der Waals surface area contributed by atoms with E-state index in [1.54, 1.807) is 11.3 Å². The molecule has 20 heavy (non-hydrogen) atoms. The second-order valence-corrected chi connectivity index (χ2v) is 6.66. The molecule has 0 bridgehead atoms. The zero-order chi connectivity index (χ0) is 14.6. The van der Waals surface area contributed by atoms with E-state index < -0.39 is 10.0 Å². The fourth-order valence-electron chi connectivity index (χ4n) is 1.71. The molecule has 104 valence electrons. The van der Waals surface area contributed by atoms with Crippen molar-refractivity contribution in [3.05, 3.63) is 46.2 Å². The quantitative estimate of drug-likeness (QED) is 0.822. The van der Waals surface area contributed by atoms with Gasteiger partial charge in [0.05, 0.1) is 10.5 Å². The molecule has 0 amide bonds. The van der Waals surface area contributed by atoms with Crippen molar-refractivity contribution in [2.75, 3.05) is 12.3 Å². The molecule has 0 aliphatic carbocycles. The summed E-state index contributed by atoms with van der Waals surface area (Å²) < 4.78 is 26.8. The fourth-order valence-corrected chi connectivity index (χ4v) is 3.58. The van der Waals surface area contributed by atoms with Gasteiger partial charge in [0.2, 0.25) is 10.0 Å². The normalized spacial score (nSPS) is 11.2. The van der Waals surface area contributed by atoms with Gasteiger partial charge in [0.1, 0.15) is 6.07 Å². The van der Waals surface area contributed by atoms with Crippen molar-refractivity contribution in [2.45, 2.75) is 11.3 Å². The van der Waals surface area contributed by atoms with Crippen molar-refractivity contribution in [3.8, 4) is 6.07 Å². The zero-order valence-electron chi connectivity index (χ0n) is 10.5. The van der Waals surface area contributed by atoms with Crippen LogP contribution in [0.3, 0.4) is 0 Å². The minimum atomic E-state index is -3.70. The van der Waals surface area contributed by atoms with Gasteiger partial charge in [0, 0.05) is 12.2 Å². The minimum Gasteiger partial charge on any atom is -0.399 e. The van der Waals surface area contributed by atoms with Crippen LogP contribution in [0.2, 0.25) is 0 Å². The van der Waals surface area contributed by atoms with Gasteiger partial charge in [-0.05, 0) is 47.0 Å². The van der Waals surface area contributed by atoms with E-state index in [4.69, 9.17) is 11.0 Å². The molecule has 2 aromatic rings. The number of nitrogen functional groups attached to an aromatic ring is 1. The Morgan fingerprint density at radius 3 is 2.80 bits per heavy atom. The average Bonchev–Trinajstić information content (AvgIpc) is 2.91. The van der Waals surface area contributed by atoms with E-state index >= 15 is 0 Å². The Morgan fingerprint density at radius 1 is 1.35 bits per heavy atom. The first-order chi connectivity index (χ1) is 9.53. The molecule has 7 heteroatoms. The molecule has 2 rings (SSSR count). The Kier molecular flexibility index (Phi) is 4.39. The molecule has 0 aliphatic heterocycles. The Bertz CT molecular complexity index is 731.